The minimum Gasteiger partial charge on any atom is -0.472 e. The van der Waals surface area contributed by atoms with Crippen LogP contribution in [-0.2, 0) is 0 Å². The highest BCUT2D eigenvalue weighted by Crippen LogP contribution is 2.14. The average molecular weight is 210 g/mol. The van der Waals surface area contributed by atoms with E-state index < -0.39 is 0 Å². The summed E-state index contributed by atoms with van der Waals surface area (Å²) in [5.74, 6) is 0.581. The molecule has 0 aliphatic rings. The lowest BCUT2D eigenvalue weighted by Crippen LogP contribution is -2.23. The predicted octanol–water partition coefficient (Wildman–Crippen LogP) is 1.89. The lowest BCUT2D eigenvalue weighted by Gasteiger charge is -2.20. The fourth-order valence-electron chi connectivity index (χ4n) is 0.900. The highest BCUT2D eigenvalue weighted by atomic mass is 32.1. The van der Waals surface area contributed by atoms with Gasteiger partial charge in [-0.15, -0.1) is 0 Å². The van der Waals surface area contributed by atoms with Crippen LogP contribution in [-0.4, -0.2) is 15.6 Å². The van der Waals surface area contributed by atoms with Gasteiger partial charge in [0, 0.05) is 17.8 Å². The van der Waals surface area contributed by atoms with E-state index in [1.165, 1.54) is 0 Å². The van der Waals surface area contributed by atoms with Gasteiger partial charge >= 0.3 is 0 Å². The second-order valence-electron chi connectivity index (χ2n) is 3.96. The molecule has 0 aliphatic carbocycles. The number of ether oxygens (including phenoxy) is 1. The highest BCUT2D eigenvalue weighted by Gasteiger charge is 2.12. The van der Waals surface area contributed by atoms with Crippen LogP contribution in [0.4, 0.5) is 0 Å². The summed E-state index contributed by atoms with van der Waals surface area (Å²) >= 11 is 4.81. The molecule has 0 spiro atoms. The summed E-state index contributed by atoms with van der Waals surface area (Å²) in [4.78, 5) is 4.44. The summed E-state index contributed by atoms with van der Waals surface area (Å²) in [6.07, 6.45) is 1.61. The lowest BCUT2D eigenvalue weighted by molar-refractivity contribution is 0.124. The zero-order valence-corrected chi connectivity index (χ0v) is 9.39. The van der Waals surface area contributed by atoms with Crippen LogP contribution in [0.3, 0.4) is 0 Å². The van der Waals surface area contributed by atoms with Gasteiger partial charge in [0.05, 0.1) is 0 Å². The van der Waals surface area contributed by atoms with Crippen LogP contribution in [0.25, 0.3) is 0 Å². The Labute approximate surface area is 89.3 Å². The van der Waals surface area contributed by atoms with Crippen molar-refractivity contribution >= 4 is 17.2 Å². The summed E-state index contributed by atoms with van der Waals surface area (Å²) in [5.41, 5.74) is 5.95. The first kappa shape index (κ1) is 10.9. The molecule has 1 aromatic heterocycles. The first-order valence-corrected chi connectivity index (χ1v) is 4.74. The highest BCUT2D eigenvalue weighted by molar-refractivity contribution is 7.80. The van der Waals surface area contributed by atoms with Gasteiger partial charge in [-0.25, -0.2) is 4.98 Å². The van der Waals surface area contributed by atoms with E-state index in [0.29, 0.717) is 10.9 Å². The summed E-state index contributed by atoms with van der Waals surface area (Å²) < 4.78 is 5.54. The molecule has 0 aromatic carbocycles. The van der Waals surface area contributed by atoms with Crippen molar-refractivity contribution in [2.24, 2.45) is 5.73 Å². The van der Waals surface area contributed by atoms with E-state index in [4.69, 9.17) is 22.7 Å². The molecule has 76 valence electrons. The Morgan fingerprint density at radius 1 is 1.43 bits per heavy atom. The number of hydrogen-bond donors (Lipinski definition) is 1. The molecule has 0 amide bonds. The van der Waals surface area contributed by atoms with E-state index in [1.807, 2.05) is 20.8 Å². The molecule has 4 heteroatoms. The molecule has 1 aromatic rings. The molecule has 0 aliphatic heterocycles. The molecule has 3 nitrogen and oxygen atoms in total. The number of nitrogens with zero attached hydrogens (tertiary/aromatic N) is 1. The molecule has 0 fully saturated rings. The summed E-state index contributed by atoms with van der Waals surface area (Å²) in [6.45, 7) is 5.91. The third-order valence-electron chi connectivity index (χ3n) is 1.43. The van der Waals surface area contributed by atoms with Crippen molar-refractivity contribution in [1.29, 1.82) is 0 Å². The van der Waals surface area contributed by atoms with Crippen molar-refractivity contribution in [3.63, 3.8) is 0 Å². The van der Waals surface area contributed by atoms with E-state index in [-0.39, 0.29) is 5.60 Å². The van der Waals surface area contributed by atoms with Crippen LogP contribution in [0.5, 0.6) is 5.88 Å². The maximum atomic E-state index is 5.54. The van der Waals surface area contributed by atoms with Crippen LogP contribution in [0, 0.1) is 0 Å². The molecule has 0 saturated heterocycles. The molecule has 14 heavy (non-hydrogen) atoms. The maximum absolute atomic E-state index is 5.54. The van der Waals surface area contributed by atoms with Crippen LogP contribution >= 0.6 is 12.2 Å². The SMILES string of the molecule is CC(C)(C)Oc1ccc(C(N)=S)cn1. The van der Waals surface area contributed by atoms with Gasteiger partial charge in [0.1, 0.15) is 10.6 Å². The minimum absolute atomic E-state index is 0.238. The average Bonchev–Trinajstić information content (AvgIpc) is 2.02. The molecule has 0 bridgehead atoms. The van der Waals surface area contributed by atoms with E-state index in [1.54, 1.807) is 18.3 Å². The number of hydrogen-bond acceptors (Lipinski definition) is 3. The second-order valence-corrected chi connectivity index (χ2v) is 4.40. The third kappa shape index (κ3) is 3.30. The van der Waals surface area contributed by atoms with E-state index >= 15 is 0 Å². The number of aromatic nitrogens is 1. The van der Waals surface area contributed by atoms with Gasteiger partial charge in [-0.3, -0.25) is 0 Å². The van der Waals surface area contributed by atoms with Gasteiger partial charge < -0.3 is 10.5 Å². The fourth-order valence-corrected chi connectivity index (χ4v) is 1.02. The van der Waals surface area contributed by atoms with E-state index in [9.17, 15) is 0 Å². The Morgan fingerprint density at radius 2 is 2.07 bits per heavy atom. The molecule has 0 radical (unpaired) electrons. The zero-order chi connectivity index (χ0) is 10.8. The lowest BCUT2D eigenvalue weighted by atomic mass is 10.2. The largest absolute Gasteiger partial charge is 0.472 e. The van der Waals surface area contributed by atoms with Crippen LogP contribution in [0.2, 0.25) is 0 Å². The van der Waals surface area contributed by atoms with Crippen LogP contribution in [0.1, 0.15) is 26.3 Å². The van der Waals surface area contributed by atoms with Crippen molar-refractivity contribution < 1.29 is 4.74 Å². The summed E-state index contributed by atoms with van der Waals surface area (Å²) in [5, 5.41) is 0. The molecular weight excluding hydrogens is 196 g/mol. The smallest absolute Gasteiger partial charge is 0.213 e. The van der Waals surface area contributed by atoms with Gasteiger partial charge in [0.2, 0.25) is 5.88 Å². The maximum Gasteiger partial charge on any atom is 0.213 e. The van der Waals surface area contributed by atoms with Crippen molar-refractivity contribution in [3.05, 3.63) is 23.9 Å². The van der Waals surface area contributed by atoms with Gasteiger partial charge in [-0.05, 0) is 26.8 Å². The number of pyridine rings is 1. The predicted molar refractivity (Wildman–Crippen MR) is 60.5 cm³/mol. The Hall–Kier alpha value is -1.16. The Bertz CT molecular complexity index is 327. The third-order valence-corrected chi connectivity index (χ3v) is 1.67. The van der Waals surface area contributed by atoms with Crippen LogP contribution in [0.15, 0.2) is 18.3 Å². The van der Waals surface area contributed by atoms with Gasteiger partial charge in [-0.2, -0.15) is 0 Å². The molecule has 2 N–H and O–H groups in total. The van der Waals surface area contributed by atoms with Gasteiger partial charge in [0.15, 0.2) is 0 Å². The first-order valence-electron chi connectivity index (χ1n) is 4.33. The summed E-state index contributed by atoms with van der Waals surface area (Å²) in [6, 6.07) is 3.57. The molecule has 1 rings (SSSR count). The van der Waals surface area contributed by atoms with Crippen molar-refractivity contribution in [2.45, 2.75) is 26.4 Å². The Balaban J connectivity index is 2.79. The van der Waals surface area contributed by atoms with Crippen molar-refractivity contribution in [2.75, 3.05) is 0 Å². The van der Waals surface area contributed by atoms with Crippen molar-refractivity contribution in [1.82, 2.24) is 4.98 Å². The number of nitrogens with two attached hydrogens (primary N) is 1. The number of rotatable bonds is 2. The first-order chi connectivity index (χ1) is 6.38. The van der Waals surface area contributed by atoms with Gasteiger partial charge in [0.25, 0.3) is 0 Å². The minimum atomic E-state index is -0.238. The van der Waals surface area contributed by atoms with Crippen molar-refractivity contribution in [3.8, 4) is 5.88 Å². The summed E-state index contributed by atoms with van der Waals surface area (Å²) in [7, 11) is 0. The second kappa shape index (κ2) is 3.92. The Morgan fingerprint density at radius 3 is 2.43 bits per heavy atom. The monoisotopic (exact) mass is 210 g/mol. The molecule has 0 atom stereocenters. The molecule has 0 unspecified atom stereocenters. The normalized spacial score (nSPS) is 11.1. The number of thiocarbonyl (C=S) groups is 1. The zero-order valence-electron chi connectivity index (χ0n) is 8.57. The molecular formula is C10H14N2OS. The van der Waals surface area contributed by atoms with Gasteiger partial charge in [-0.1, -0.05) is 12.2 Å². The van der Waals surface area contributed by atoms with E-state index in [2.05, 4.69) is 4.98 Å². The fraction of sp³-hybridized carbons (Fsp3) is 0.400. The standard InChI is InChI=1S/C10H14N2OS/c1-10(2,3)13-8-5-4-7(6-12-8)9(11)14/h4-6H,1-3H3,(H2,11,14). The van der Waals surface area contributed by atoms with E-state index in [0.717, 1.165) is 5.56 Å². The Kier molecular flexibility index (Phi) is 3.06. The topological polar surface area (TPSA) is 48.1 Å². The molecule has 1 heterocycles. The van der Waals surface area contributed by atoms with Crippen LogP contribution < -0.4 is 10.5 Å². The molecule has 0 saturated carbocycles. The quantitative estimate of drug-likeness (QED) is 0.757.